The van der Waals surface area contributed by atoms with E-state index in [1.165, 1.54) is 13.4 Å². The van der Waals surface area contributed by atoms with Gasteiger partial charge in [-0.1, -0.05) is 6.07 Å². The second-order valence-electron chi connectivity index (χ2n) is 6.42. The molecular formula is C22H17N3O5. The van der Waals surface area contributed by atoms with Crippen LogP contribution in [0.2, 0.25) is 0 Å². The molecule has 8 nitrogen and oxygen atoms in total. The van der Waals surface area contributed by atoms with Gasteiger partial charge in [0.15, 0.2) is 0 Å². The van der Waals surface area contributed by atoms with Crippen molar-refractivity contribution in [3.63, 3.8) is 0 Å². The molecule has 1 aliphatic heterocycles. The molecule has 0 bridgehead atoms. The van der Waals surface area contributed by atoms with Crippen LogP contribution in [0.15, 0.2) is 65.3 Å². The van der Waals surface area contributed by atoms with E-state index in [1.54, 1.807) is 60.7 Å². The molecule has 0 saturated heterocycles. The Balaban J connectivity index is 1.44. The third kappa shape index (κ3) is 3.93. The molecule has 0 spiro atoms. The molecule has 2 heterocycles. The molecule has 150 valence electrons. The van der Waals surface area contributed by atoms with Gasteiger partial charge in [0.05, 0.1) is 24.6 Å². The van der Waals surface area contributed by atoms with Gasteiger partial charge in [0.1, 0.15) is 11.5 Å². The van der Waals surface area contributed by atoms with Gasteiger partial charge in [-0.2, -0.15) is 0 Å². The van der Waals surface area contributed by atoms with Gasteiger partial charge in [0, 0.05) is 16.8 Å². The predicted molar refractivity (Wildman–Crippen MR) is 111 cm³/mol. The normalized spacial score (nSPS) is 13.5. The average molecular weight is 403 g/mol. The summed E-state index contributed by atoms with van der Waals surface area (Å²) in [6, 6.07) is 14.1. The van der Waals surface area contributed by atoms with E-state index in [1.807, 2.05) is 0 Å². The highest BCUT2D eigenvalue weighted by molar-refractivity contribution is 6.35. The lowest BCUT2D eigenvalue weighted by atomic mass is 10.1. The Kier molecular flexibility index (Phi) is 5.04. The Morgan fingerprint density at radius 2 is 1.90 bits per heavy atom. The van der Waals surface area contributed by atoms with Crippen LogP contribution >= 0.6 is 0 Å². The second-order valence-corrected chi connectivity index (χ2v) is 6.42. The molecular weight excluding hydrogens is 386 g/mol. The Bertz CT molecular complexity index is 1150. The summed E-state index contributed by atoms with van der Waals surface area (Å²) in [6.45, 7) is 0. The summed E-state index contributed by atoms with van der Waals surface area (Å²) in [5, 5.41) is 7.59. The average Bonchev–Trinajstić information content (AvgIpc) is 3.36. The van der Waals surface area contributed by atoms with Crippen LogP contribution in [0.4, 0.5) is 16.2 Å². The zero-order valence-electron chi connectivity index (χ0n) is 15.9. The molecule has 0 unspecified atom stereocenters. The fourth-order valence-corrected chi connectivity index (χ4v) is 3.01. The molecule has 0 atom stereocenters. The Hall–Kier alpha value is -4.33. The van der Waals surface area contributed by atoms with Crippen LogP contribution in [0.25, 0.3) is 11.6 Å². The molecule has 0 radical (unpaired) electrons. The lowest BCUT2D eigenvalue weighted by Gasteiger charge is -2.08. The van der Waals surface area contributed by atoms with Crippen molar-refractivity contribution in [2.45, 2.75) is 0 Å². The quantitative estimate of drug-likeness (QED) is 0.575. The van der Waals surface area contributed by atoms with Gasteiger partial charge >= 0.3 is 6.03 Å². The molecule has 30 heavy (non-hydrogen) atoms. The first-order valence-corrected chi connectivity index (χ1v) is 9.01. The number of fused-ring (bicyclic) bond motifs is 1. The lowest BCUT2D eigenvalue weighted by Crippen LogP contribution is -2.34. The maximum atomic E-state index is 12.3. The van der Waals surface area contributed by atoms with E-state index in [0.29, 0.717) is 39.6 Å². The zero-order valence-corrected chi connectivity index (χ0v) is 15.9. The molecule has 4 amide bonds. The topological polar surface area (TPSA) is 110 Å². The van der Waals surface area contributed by atoms with Gasteiger partial charge < -0.3 is 19.8 Å². The van der Waals surface area contributed by atoms with Gasteiger partial charge in [-0.15, -0.1) is 0 Å². The molecule has 1 aliphatic rings. The number of ether oxygens (including phenoxy) is 1. The van der Waals surface area contributed by atoms with E-state index in [2.05, 4.69) is 16.0 Å². The van der Waals surface area contributed by atoms with E-state index in [9.17, 15) is 14.4 Å². The number of furan rings is 1. The molecule has 3 aromatic rings. The van der Waals surface area contributed by atoms with E-state index in [-0.39, 0.29) is 5.91 Å². The molecule has 2 aromatic carbocycles. The maximum absolute atomic E-state index is 12.3. The summed E-state index contributed by atoms with van der Waals surface area (Å²) < 4.78 is 10.3. The largest absolute Gasteiger partial charge is 0.497 e. The van der Waals surface area contributed by atoms with Gasteiger partial charge in [-0.25, -0.2) is 4.79 Å². The predicted octanol–water partition coefficient (Wildman–Crippen LogP) is 3.74. The number of amides is 4. The number of anilines is 2. The van der Waals surface area contributed by atoms with Gasteiger partial charge in [-0.3, -0.25) is 14.9 Å². The fraction of sp³-hybridized carbons (Fsp3) is 0.0455. The van der Waals surface area contributed by atoms with Crippen LogP contribution in [0, 0.1) is 0 Å². The number of carbonyl (C=O) groups excluding carboxylic acids is 3. The maximum Gasteiger partial charge on any atom is 0.326 e. The zero-order chi connectivity index (χ0) is 21.1. The Morgan fingerprint density at radius 1 is 1.10 bits per heavy atom. The summed E-state index contributed by atoms with van der Waals surface area (Å²) >= 11 is 0. The highest BCUT2D eigenvalue weighted by atomic mass is 16.5. The van der Waals surface area contributed by atoms with Crippen LogP contribution in [-0.4, -0.2) is 25.0 Å². The number of carbonyl (C=O) groups is 3. The standard InChI is InChI=1S/C22H17N3O5/c1-29-15-7-4-13(5-8-15)20(26)25-22(28)23-14-6-9-17-18(12-16-3-2-10-30-16)21(27)24-19(17)11-14/h2-12H,1H3,(H,24,27)(H2,23,25,26,28). The summed E-state index contributed by atoms with van der Waals surface area (Å²) in [4.78, 5) is 36.6. The monoisotopic (exact) mass is 403 g/mol. The van der Waals surface area contributed by atoms with Crippen LogP contribution in [0.5, 0.6) is 5.75 Å². The van der Waals surface area contributed by atoms with E-state index < -0.39 is 11.9 Å². The van der Waals surface area contributed by atoms with Crippen LogP contribution in [0.1, 0.15) is 21.7 Å². The number of rotatable bonds is 4. The molecule has 3 N–H and O–H groups in total. The molecule has 0 saturated carbocycles. The van der Waals surface area contributed by atoms with Crippen molar-refractivity contribution in [2.24, 2.45) is 0 Å². The second kappa shape index (κ2) is 7.96. The smallest absolute Gasteiger partial charge is 0.326 e. The third-order valence-electron chi connectivity index (χ3n) is 4.47. The summed E-state index contributed by atoms with van der Waals surface area (Å²) in [5.41, 5.74) is 2.45. The number of urea groups is 1. The van der Waals surface area contributed by atoms with E-state index in [0.717, 1.165) is 0 Å². The van der Waals surface area contributed by atoms with Crippen molar-refractivity contribution in [1.29, 1.82) is 0 Å². The van der Waals surface area contributed by atoms with E-state index >= 15 is 0 Å². The summed E-state index contributed by atoms with van der Waals surface area (Å²) in [7, 11) is 1.53. The summed E-state index contributed by atoms with van der Waals surface area (Å²) in [6.07, 6.45) is 3.17. The molecule has 1 aromatic heterocycles. The van der Waals surface area contributed by atoms with Gasteiger partial charge in [0.2, 0.25) is 0 Å². The van der Waals surface area contributed by atoms with Crippen molar-refractivity contribution in [2.75, 3.05) is 17.7 Å². The van der Waals surface area contributed by atoms with Gasteiger partial charge in [0.25, 0.3) is 11.8 Å². The van der Waals surface area contributed by atoms with Crippen molar-refractivity contribution in [1.82, 2.24) is 5.32 Å². The number of imide groups is 1. The van der Waals surface area contributed by atoms with Crippen LogP contribution in [0.3, 0.4) is 0 Å². The molecule has 4 rings (SSSR count). The first-order chi connectivity index (χ1) is 14.5. The van der Waals surface area contributed by atoms with Crippen LogP contribution in [-0.2, 0) is 4.79 Å². The number of hydrogen-bond donors (Lipinski definition) is 3. The Morgan fingerprint density at radius 3 is 2.60 bits per heavy atom. The molecule has 0 fully saturated rings. The van der Waals surface area contributed by atoms with Crippen molar-refractivity contribution < 1.29 is 23.5 Å². The lowest BCUT2D eigenvalue weighted by molar-refractivity contribution is -0.110. The highest BCUT2D eigenvalue weighted by Gasteiger charge is 2.25. The fourth-order valence-electron chi connectivity index (χ4n) is 3.01. The number of nitrogens with one attached hydrogen (secondary N) is 3. The van der Waals surface area contributed by atoms with Crippen molar-refractivity contribution >= 4 is 40.9 Å². The minimum atomic E-state index is -0.688. The van der Waals surface area contributed by atoms with Gasteiger partial charge in [-0.05, 0) is 54.6 Å². The minimum Gasteiger partial charge on any atom is -0.497 e. The number of methoxy groups -OCH3 is 1. The highest BCUT2D eigenvalue weighted by Crippen LogP contribution is 2.35. The Labute approximate surface area is 171 Å². The third-order valence-corrected chi connectivity index (χ3v) is 4.47. The number of benzene rings is 2. The first-order valence-electron chi connectivity index (χ1n) is 9.01. The molecule has 0 aliphatic carbocycles. The first kappa shape index (κ1) is 19.0. The summed E-state index contributed by atoms with van der Waals surface area (Å²) in [5.74, 6) is 0.356. The SMILES string of the molecule is COc1ccc(C(=O)NC(=O)Nc2ccc3c(c2)NC(=O)C3=Cc2ccco2)cc1. The van der Waals surface area contributed by atoms with Crippen LogP contribution < -0.4 is 20.7 Å². The minimum absolute atomic E-state index is 0.266. The van der Waals surface area contributed by atoms with Crippen molar-refractivity contribution in [3.05, 3.63) is 77.7 Å². The van der Waals surface area contributed by atoms with Crippen molar-refractivity contribution in [3.8, 4) is 5.75 Å². The molecule has 8 heteroatoms. The van der Waals surface area contributed by atoms with E-state index in [4.69, 9.17) is 9.15 Å². The number of hydrogen-bond acceptors (Lipinski definition) is 5.